The highest BCUT2D eigenvalue weighted by molar-refractivity contribution is 5.85. The Kier molecular flexibility index (Phi) is 4.07. The number of hydrogen-bond acceptors (Lipinski definition) is 1. The Morgan fingerprint density at radius 1 is 1.00 bits per heavy atom. The zero-order valence-corrected chi connectivity index (χ0v) is 9.91. The van der Waals surface area contributed by atoms with Crippen LogP contribution in [0.4, 0.5) is 30.7 Å². The lowest BCUT2D eigenvalue weighted by Crippen LogP contribution is -2.60. The van der Waals surface area contributed by atoms with E-state index in [0.717, 1.165) is 0 Å². The second-order valence-corrected chi connectivity index (χ2v) is 4.62. The third kappa shape index (κ3) is 2.79. The van der Waals surface area contributed by atoms with Crippen LogP contribution in [0.5, 0.6) is 0 Å². The number of hydrogen-bond donors (Lipinski definition) is 0. The van der Waals surface area contributed by atoms with Crippen LogP contribution in [0.1, 0.15) is 19.8 Å². The molecule has 0 aromatic heterocycles. The van der Waals surface area contributed by atoms with Gasteiger partial charge in [0.2, 0.25) is 0 Å². The molecule has 1 saturated heterocycles. The van der Waals surface area contributed by atoms with E-state index in [4.69, 9.17) is 0 Å². The second-order valence-electron chi connectivity index (χ2n) is 4.62. The van der Waals surface area contributed by atoms with Crippen LogP contribution < -0.4 is 0 Å². The Hall–Kier alpha value is -1.02. The van der Waals surface area contributed by atoms with Crippen LogP contribution in [-0.4, -0.2) is 41.9 Å². The van der Waals surface area contributed by atoms with Crippen LogP contribution in [0.2, 0.25) is 0 Å². The Labute approximate surface area is 104 Å². The van der Waals surface area contributed by atoms with Crippen LogP contribution in [0, 0.1) is 5.92 Å². The SMILES string of the molecule is CC1CCN(C(=O)C(F)(F)C(F)(F)C(F)(F)F)CC1. The Morgan fingerprint density at radius 3 is 1.79 bits per heavy atom. The number of halogens is 7. The number of piperidine rings is 1. The lowest BCUT2D eigenvalue weighted by molar-refractivity contribution is -0.346. The van der Waals surface area contributed by atoms with Gasteiger partial charge in [-0.1, -0.05) is 6.92 Å². The molecule has 1 amide bonds. The van der Waals surface area contributed by atoms with E-state index in [9.17, 15) is 35.5 Å². The van der Waals surface area contributed by atoms with Crippen molar-refractivity contribution < 1.29 is 35.5 Å². The number of rotatable bonds is 2. The van der Waals surface area contributed by atoms with Gasteiger partial charge in [0.25, 0.3) is 5.91 Å². The molecule has 0 spiro atoms. The summed E-state index contributed by atoms with van der Waals surface area (Å²) in [5.74, 6) is -14.5. The average Bonchev–Trinajstić information content (AvgIpc) is 2.27. The average molecular weight is 295 g/mol. The summed E-state index contributed by atoms with van der Waals surface area (Å²) in [7, 11) is 0. The van der Waals surface area contributed by atoms with Gasteiger partial charge < -0.3 is 4.90 Å². The van der Waals surface area contributed by atoms with Gasteiger partial charge in [-0.3, -0.25) is 4.79 Å². The molecular formula is C10H12F7NO. The zero-order chi connectivity index (χ0) is 15.1. The zero-order valence-electron chi connectivity index (χ0n) is 9.91. The molecular weight excluding hydrogens is 283 g/mol. The van der Waals surface area contributed by atoms with E-state index in [0.29, 0.717) is 17.7 Å². The van der Waals surface area contributed by atoms with Crippen molar-refractivity contribution in [3.63, 3.8) is 0 Å². The molecule has 0 radical (unpaired) electrons. The molecule has 0 bridgehead atoms. The van der Waals surface area contributed by atoms with E-state index in [1.807, 2.05) is 0 Å². The van der Waals surface area contributed by atoms with Crippen LogP contribution >= 0.6 is 0 Å². The van der Waals surface area contributed by atoms with Crippen LogP contribution in [0.15, 0.2) is 0 Å². The number of likely N-dealkylation sites (tertiary alicyclic amines) is 1. The van der Waals surface area contributed by atoms with Gasteiger partial charge in [0, 0.05) is 13.1 Å². The van der Waals surface area contributed by atoms with E-state index in [2.05, 4.69) is 0 Å². The fourth-order valence-electron chi connectivity index (χ4n) is 1.72. The van der Waals surface area contributed by atoms with E-state index < -0.39 is 23.9 Å². The molecule has 0 saturated carbocycles. The van der Waals surface area contributed by atoms with E-state index in [1.54, 1.807) is 6.92 Å². The van der Waals surface area contributed by atoms with Gasteiger partial charge >= 0.3 is 18.0 Å². The first-order valence-electron chi connectivity index (χ1n) is 5.53. The molecule has 2 nitrogen and oxygen atoms in total. The highest BCUT2D eigenvalue weighted by Gasteiger charge is 2.76. The van der Waals surface area contributed by atoms with Crippen molar-refractivity contribution in [1.82, 2.24) is 4.90 Å². The van der Waals surface area contributed by atoms with E-state index in [-0.39, 0.29) is 19.0 Å². The molecule has 0 N–H and O–H groups in total. The van der Waals surface area contributed by atoms with Crippen LogP contribution in [0.3, 0.4) is 0 Å². The minimum absolute atomic E-state index is 0.112. The van der Waals surface area contributed by atoms with Gasteiger partial charge in [-0.25, -0.2) is 0 Å². The highest BCUT2D eigenvalue weighted by Crippen LogP contribution is 2.47. The Morgan fingerprint density at radius 2 is 1.42 bits per heavy atom. The molecule has 0 aliphatic carbocycles. The van der Waals surface area contributed by atoms with Crippen LogP contribution in [-0.2, 0) is 4.79 Å². The molecule has 0 atom stereocenters. The van der Waals surface area contributed by atoms with Gasteiger partial charge in [0.1, 0.15) is 0 Å². The molecule has 112 valence electrons. The lowest BCUT2D eigenvalue weighted by Gasteiger charge is -2.35. The summed E-state index contributed by atoms with van der Waals surface area (Å²) in [5.41, 5.74) is 0. The number of nitrogens with zero attached hydrogens (tertiary/aromatic N) is 1. The maximum absolute atomic E-state index is 13.1. The molecule has 1 fully saturated rings. The van der Waals surface area contributed by atoms with Crippen molar-refractivity contribution >= 4 is 5.91 Å². The van der Waals surface area contributed by atoms with Crippen molar-refractivity contribution in [2.75, 3.05) is 13.1 Å². The molecule has 1 rings (SSSR count). The smallest absolute Gasteiger partial charge is 0.337 e. The van der Waals surface area contributed by atoms with Crippen molar-refractivity contribution in [3.05, 3.63) is 0 Å². The normalized spacial score (nSPS) is 19.7. The van der Waals surface area contributed by atoms with Gasteiger partial charge in [0.05, 0.1) is 0 Å². The van der Waals surface area contributed by atoms with Crippen molar-refractivity contribution in [2.24, 2.45) is 5.92 Å². The monoisotopic (exact) mass is 295 g/mol. The first-order chi connectivity index (χ1) is 8.41. The quantitative estimate of drug-likeness (QED) is 0.717. The highest BCUT2D eigenvalue weighted by atomic mass is 19.4. The van der Waals surface area contributed by atoms with E-state index in [1.165, 1.54) is 0 Å². The number of carbonyl (C=O) groups excluding carboxylic acids is 1. The largest absolute Gasteiger partial charge is 0.460 e. The molecule has 9 heteroatoms. The number of carbonyl (C=O) groups is 1. The number of alkyl halides is 7. The van der Waals surface area contributed by atoms with Gasteiger partial charge in [-0.05, 0) is 18.8 Å². The molecule has 0 unspecified atom stereocenters. The predicted octanol–water partition coefficient (Wildman–Crippen LogP) is 3.08. The molecule has 19 heavy (non-hydrogen) atoms. The van der Waals surface area contributed by atoms with Crippen molar-refractivity contribution in [1.29, 1.82) is 0 Å². The molecule has 0 aromatic rings. The lowest BCUT2D eigenvalue weighted by atomic mass is 9.98. The molecule has 0 aromatic carbocycles. The second kappa shape index (κ2) is 4.82. The Bertz CT molecular complexity index is 344. The summed E-state index contributed by atoms with van der Waals surface area (Å²) in [6.07, 6.45) is -5.89. The first kappa shape index (κ1) is 16.0. The molecule has 1 aliphatic rings. The topological polar surface area (TPSA) is 20.3 Å². The standard InChI is InChI=1S/C10H12F7NO/c1-6-2-4-18(5-3-6)7(19)8(11,12)9(13,14)10(15,16)17/h6H,2-5H2,1H3. The van der Waals surface area contributed by atoms with Gasteiger partial charge in [-0.2, -0.15) is 30.7 Å². The number of amides is 1. The minimum atomic E-state index is -6.48. The van der Waals surface area contributed by atoms with Crippen molar-refractivity contribution in [2.45, 2.75) is 37.8 Å². The first-order valence-corrected chi connectivity index (χ1v) is 5.53. The Balaban J connectivity index is 2.91. The summed E-state index contributed by atoms with van der Waals surface area (Å²) in [5, 5.41) is 0. The van der Waals surface area contributed by atoms with Gasteiger partial charge in [0.15, 0.2) is 0 Å². The van der Waals surface area contributed by atoms with Crippen LogP contribution in [0.25, 0.3) is 0 Å². The fourth-order valence-corrected chi connectivity index (χ4v) is 1.72. The summed E-state index contributed by atoms with van der Waals surface area (Å²) in [6.45, 7) is 1.28. The maximum Gasteiger partial charge on any atom is 0.460 e. The minimum Gasteiger partial charge on any atom is -0.337 e. The molecule has 1 aliphatic heterocycles. The predicted molar refractivity (Wildman–Crippen MR) is 50.9 cm³/mol. The summed E-state index contributed by atoms with van der Waals surface area (Å²) in [6, 6.07) is 0. The fraction of sp³-hybridized carbons (Fsp3) is 0.900. The van der Waals surface area contributed by atoms with Gasteiger partial charge in [-0.15, -0.1) is 0 Å². The third-order valence-corrected chi connectivity index (χ3v) is 3.09. The third-order valence-electron chi connectivity index (χ3n) is 3.09. The summed E-state index contributed by atoms with van der Waals surface area (Å²) >= 11 is 0. The van der Waals surface area contributed by atoms with E-state index >= 15 is 0 Å². The van der Waals surface area contributed by atoms with Crippen molar-refractivity contribution in [3.8, 4) is 0 Å². The summed E-state index contributed by atoms with van der Waals surface area (Å²) < 4.78 is 87.3. The maximum atomic E-state index is 13.1. The summed E-state index contributed by atoms with van der Waals surface area (Å²) in [4.78, 5) is 11.6. The molecule has 1 heterocycles.